The van der Waals surface area contributed by atoms with Crippen LogP contribution in [0.15, 0.2) is 0 Å². The van der Waals surface area contributed by atoms with Crippen LogP contribution in [0.3, 0.4) is 0 Å². The molecule has 0 bridgehead atoms. The van der Waals surface area contributed by atoms with Gasteiger partial charge in [-0.2, -0.15) is 13.2 Å². The molecule has 0 aliphatic carbocycles. The Balaban J connectivity index is 2.56. The topological polar surface area (TPSA) is 24.5 Å². The minimum Gasteiger partial charge on any atom is -0.381 e. The van der Waals surface area contributed by atoms with Gasteiger partial charge in [0.25, 0.3) is 0 Å². The number of hydrogen-bond donors (Lipinski definition) is 1. The summed E-state index contributed by atoms with van der Waals surface area (Å²) >= 11 is 0. The zero-order valence-electron chi connectivity index (χ0n) is 12.2. The van der Waals surface area contributed by atoms with Gasteiger partial charge >= 0.3 is 6.18 Å². The van der Waals surface area contributed by atoms with Crippen LogP contribution in [0, 0.1) is 5.41 Å². The van der Waals surface area contributed by atoms with Gasteiger partial charge in [-0.15, -0.1) is 0 Å². The SMILES string of the molecule is CN(CC(F)(F)F)CC1(CNC(C)(C)C)CCOC1. The van der Waals surface area contributed by atoms with E-state index < -0.39 is 12.7 Å². The standard InChI is InChI=1S/C13H25F3N2O/c1-11(2,3)17-7-12(5-6-19-10-12)8-18(4)9-13(14,15)16/h17H,5-10H2,1-4H3. The van der Waals surface area contributed by atoms with Crippen LogP contribution in [0.2, 0.25) is 0 Å². The second-order valence-electron chi connectivity index (χ2n) is 6.69. The molecule has 1 aliphatic heterocycles. The highest BCUT2D eigenvalue weighted by atomic mass is 19.4. The van der Waals surface area contributed by atoms with Gasteiger partial charge in [0.2, 0.25) is 0 Å². The lowest BCUT2D eigenvalue weighted by Crippen LogP contribution is -2.49. The highest BCUT2D eigenvalue weighted by Crippen LogP contribution is 2.30. The molecule has 0 radical (unpaired) electrons. The van der Waals surface area contributed by atoms with Gasteiger partial charge in [-0.1, -0.05) is 0 Å². The maximum Gasteiger partial charge on any atom is 0.401 e. The molecular weight excluding hydrogens is 257 g/mol. The number of ether oxygens (including phenoxy) is 1. The molecule has 114 valence electrons. The number of rotatable bonds is 5. The minimum absolute atomic E-state index is 0.0435. The van der Waals surface area contributed by atoms with Gasteiger partial charge in [0.15, 0.2) is 0 Å². The van der Waals surface area contributed by atoms with Crippen molar-refractivity contribution >= 4 is 0 Å². The van der Waals surface area contributed by atoms with Gasteiger partial charge < -0.3 is 10.1 Å². The van der Waals surface area contributed by atoms with E-state index in [2.05, 4.69) is 26.1 Å². The fourth-order valence-corrected chi connectivity index (χ4v) is 2.36. The monoisotopic (exact) mass is 282 g/mol. The molecular formula is C13H25F3N2O. The van der Waals surface area contributed by atoms with E-state index in [4.69, 9.17) is 4.74 Å². The van der Waals surface area contributed by atoms with Crippen LogP contribution in [0.1, 0.15) is 27.2 Å². The van der Waals surface area contributed by atoms with Crippen molar-refractivity contribution in [3.63, 3.8) is 0 Å². The molecule has 0 aromatic carbocycles. The first-order valence-corrected chi connectivity index (χ1v) is 6.60. The maximum atomic E-state index is 12.4. The second kappa shape index (κ2) is 5.97. The Morgan fingerprint density at radius 3 is 2.32 bits per heavy atom. The second-order valence-corrected chi connectivity index (χ2v) is 6.69. The van der Waals surface area contributed by atoms with Gasteiger partial charge in [0.1, 0.15) is 0 Å². The lowest BCUT2D eigenvalue weighted by atomic mass is 9.85. The quantitative estimate of drug-likeness (QED) is 0.837. The molecule has 1 fully saturated rings. The molecule has 1 unspecified atom stereocenters. The summed E-state index contributed by atoms with van der Waals surface area (Å²) < 4.78 is 42.6. The van der Waals surface area contributed by atoms with Crippen LogP contribution < -0.4 is 5.32 Å². The molecule has 1 heterocycles. The summed E-state index contributed by atoms with van der Waals surface area (Å²) in [7, 11) is 1.52. The third-order valence-corrected chi connectivity index (χ3v) is 3.23. The van der Waals surface area contributed by atoms with Crippen molar-refractivity contribution in [2.24, 2.45) is 5.41 Å². The number of nitrogens with one attached hydrogen (secondary N) is 1. The maximum absolute atomic E-state index is 12.4. The molecule has 0 spiro atoms. The van der Waals surface area contributed by atoms with Crippen LogP contribution >= 0.6 is 0 Å². The molecule has 0 aromatic heterocycles. The third kappa shape index (κ3) is 6.58. The number of halogens is 3. The van der Waals surface area contributed by atoms with Crippen LogP contribution in [0.5, 0.6) is 0 Å². The van der Waals surface area contributed by atoms with Crippen LogP contribution in [0.25, 0.3) is 0 Å². The number of alkyl halides is 3. The fraction of sp³-hybridized carbons (Fsp3) is 1.00. The van der Waals surface area contributed by atoms with Crippen LogP contribution in [0.4, 0.5) is 13.2 Å². The Morgan fingerprint density at radius 1 is 1.26 bits per heavy atom. The van der Waals surface area contributed by atoms with Gasteiger partial charge in [0.05, 0.1) is 13.2 Å². The highest BCUT2D eigenvalue weighted by molar-refractivity contribution is 4.90. The first-order chi connectivity index (χ1) is 8.52. The van der Waals surface area contributed by atoms with Gasteiger partial charge in [-0.25, -0.2) is 0 Å². The first kappa shape index (κ1) is 16.7. The Labute approximate surface area is 113 Å². The fourth-order valence-electron chi connectivity index (χ4n) is 2.36. The van der Waals surface area contributed by atoms with Crippen molar-refractivity contribution in [3.05, 3.63) is 0 Å². The number of hydrogen-bond acceptors (Lipinski definition) is 3. The molecule has 6 heteroatoms. The van der Waals surface area contributed by atoms with Crippen molar-refractivity contribution in [2.75, 3.05) is 39.9 Å². The largest absolute Gasteiger partial charge is 0.401 e. The molecule has 1 aliphatic rings. The highest BCUT2D eigenvalue weighted by Gasteiger charge is 2.39. The van der Waals surface area contributed by atoms with Crippen LogP contribution in [-0.2, 0) is 4.74 Å². The zero-order chi connectivity index (χ0) is 14.7. The molecule has 0 aromatic rings. The summed E-state index contributed by atoms with van der Waals surface area (Å²) in [4.78, 5) is 1.35. The van der Waals surface area contributed by atoms with Gasteiger partial charge in [-0.05, 0) is 34.2 Å². The van der Waals surface area contributed by atoms with Crippen LogP contribution in [-0.4, -0.2) is 56.5 Å². The summed E-state index contributed by atoms with van der Waals surface area (Å²) in [5.74, 6) is 0. The van der Waals surface area contributed by atoms with Crippen molar-refractivity contribution in [3.8, 4) is 0 Å². The molecule has 3 nitrogen and oxygen atoms in total. The van der Waals surface area contributed by atoms with Crippen molar-refractivity contribution < 1.29 is 17.9 Å². The minimum atomic E-state index is -4.15. The van der Waals surface area contributed by atoms with Crippen molar-refractivity contribution in [1.29, 1.82) is 0 Å². The van der Waals surface area contributed by atoms with E-state index in [0.29, 0.717) is 26.3 Å². The Bertz CT molecular complexity index is 281. The summed E-state index contributed by atoms with van der Waals surface area (Å²) in [5, 5.41) is 3.38. The normalized spacial score (nSPS) is 25.3. The summed E-state index contributed by atoms with van der Waals surface area (Å²) in [6.45, 7) is 7.52. The molecule has 1 atom stereocenters. The Kier molecular flexibility index (Phi) is 5.26. The predicted molar refractivity (Wildman–Crippen MR) is 69.2 cm³/mol. The molecule has 0 amide bonds. The molecule has 0 saturated carbocycles. The van der Waals surface area contributed by atoms with E-state index in [1.54, 1.807) is 0 Å². The van der Waals surface area contributed by atoms with E-state index >= 15 is 0 Å². The lowest BCUT2D eigenvalue weighted by Gasteiger charge is -2.35. The Hall–Kier alpha value is -0.330. The molecule has 1 saturated heterocycles. The third-order valence-electron chi connectivity index (χ3n) is 3.23. The van der Waals surface area contributed by atoms with E-state index in [1.165, 1.54) is 11.9 Å². The molecule has 1 N–H and O–H groups in total. The summed E-state index contributed by atoms with van der Waals surface area (Å²) in [6, 6.07) is 0. The van der Waals surface area contributed by atoms with E-state index in [0.717, 1.165) is 6.42 Å². The zero-order valence-corrected chi connectivity index (χ0v) is 12.2. The van der Waals surface area contributed by atoms with Gasteiger partial charge in [0, 0.05) is 30.7 Å². The average molecular weight is 282 g/mol. The smallest absolute Gasteiger partial charge is 0.381 e. The lowest BCUT2D eigenvalue weighted by molar-refractivity contribution is -0.146. The number of nitrogens with zero attached hydrogens (tertiary/aromatic N) is 1. The van der Waals surface area contributed by atoms with Crippen molar-refractivity contribution in [1.82, 2.24) is 10.2 Å². The van der Waals surface area contributed by atoms with Gasteiger partial charge in [-0.3, -0.25) is 4.90 Å². The first-order valence-electron chi connectivity index (χ1n) is 6.60. The van der Waals surface area contributed by atoms with E-state index in [1.807, 2.05) is 0 Å². The average Bonchev–Trinajstić information content (AvgIpc) is 2.60. The van der Waals surface area contributed by atoms with Crippen molar-refractivity contribution in [2.45, 2.75) is 38.9 Å². The molecule has 1 rings (SSSR count). The van der Waals surface area contributed by atoms with E-state index in [9.17, 15) is 13.2 Å². The molecule has 19 heavy (non-hydrogen) atoms. The summed E-state index contributed by atoms with van der Waals surface area (Å²) in [6.07, 6.45) is -3.34. The predicted octanol–water partition coefficient (Wildman–Crippen LogP) is 2.28. The summed E-state index contributed by atoms with van der Waals surface area (Å²) in [5.41, 5.74) is -0.258. The van der Waals surface area contributed by atoms with E-state index in [-0.39, 0.29) is 11.0 Å². The Morgan fingerprint density at radius 2 is 1.89 bits per heavy atom.